The first-order chi connectivity index (χ1) is 14.6. The normalized spacial score (nSPS) is 11.0. The van der Waals surface area contributed by atoms with Gasteiger partial charge in [-0.15, -0.1) is 0 Å². The number of fused-ring (bicyclic) bond motifs is 1. The third-order valence-electron chi connectivity index (χ3n) is 5.44. The fourth-order valence-corrected chi connectivity index (χ4v) is 3.98. The second-order valence-electron chi connectivity index (χ2n) is 7.79. The Kier molecular flexibility index (Phi) is 8.44. The highest BCUT2D eigenvalue weighted by Crippen LogP contribution is 2.27. The van der Waals surface area contributed by atoms with Gasteiger partial charge in [-0.05, 0) is 37.1 Å². The molecule has 1 heterocycles. The zero-order valence-corrected chi connectivity index (χ0v) is 19.6. The smallest absolute Gasteiger partial charge is 0.254 e. The van der Waals surface area contributed by atoms with Crippen LogP contribution in [0, 0.1) is 0 Å². The highest BCUT2D eigenvalue weighted by molar-refractivity contribution is 9.10. The lowest BCUT2D eigenvalue weighted by Crippen LogP contribution is -2.33. The van der Waals surface area contributed by atoms with Gasteiger partial charge < -0.3 is 4.90 Å². The molecule has 1 aromatic heterocycles. The molecule has 0 bridgehead atoms. The number of carbonyl (C=O) groups is 1. The molecule has 30 heavy (non-hydrogen) atoms. The van der Waals surface area contributed by atoms with E-state index in [-0.39, 0.29) is 5.91 Å². The highest BCUT2D eigenvalue weighted by atomic mass is 79.9. The number of unbranched alkanes of at least 4 members (excludes halogenated alkanes) is 4. The molecule has 3 aromatic rings. The molecule has 0 aliphatic heterocycles. The number of pyridine rings is 1. The minimum atomic E-state index is 0.124. The van der Waals surface area contributed by atoms with Gasteiger partial charge in [-0.1, -0.05) is 85.8 Å². The maximum Gasteiger partial charge on any atom is 0.254 e. The number of rotatable bonds is 10. The molecule has 3 nitrogen and oxygen atoms in total. The predicted octanol–water partition coefficient (Wildman–Crippen LogP) is 7.49. The van der Waals surface area contributed by atoms with E-state index in [1.165, 1.54) is 0 Å². The number of amides is 1. The Morgan fingerprint density at radius 1 is 0.900 bits per heavy atom. The van der Waals surface area contributed by atoms with Crippen molar-refractivity contribution >= 4 is 32.7 Å². The van der Waals surface area contributed by atoms with Crippen molar-refractivity contribution in [1.29, 1.82) is 0 Å². The fourth-order valence-electron chi connectivity index (χ4n) is 3.71. The van der Waals surface area contributed by atoms with Gasteiger partial charge in [-0.25, -0.2) is 4.98 Å². The van der Waals surface area contributed by atoms with Crippen molar-refractivity contribution in [2.75, 3.05) is 13.1 Å². The topological polar surface area (TPSA) is 33.2 Å². The Balaban J connectivity index is 1.99. The monoisotopic (exact) mass is 466 g/mol. The van der Waals surface area contributed by atoms with Crippen LogP contribution in [0.2, 0.25) is 0 Å². The zero-order chi connectivity index (χ0) is 21.3. The van der Waals surface area contributed by atoms with E-state index in [9.17, 15) is 4.79 Å². The van der Waals surface area contributed by atoms with E-state index in [1.54, 1.807) is 0 Å². The van der Waals surface area contributed by atoms with Gasteiger partial charge in [0.05, 0.1) is 16.8 Å². The Morgan fingerprint density at radius 3 is 2.17 bits per heavy atom. The first-order valence-electron chi connectivity index (χ1n) is 11.1. The van der Waals surface area contributed by atoms with Crippen molar-refractivity contribution in [2.24, 2.45) is 0 Å². The van der Waals surface area contributed by atoms with Crippen LogP contribution in [-0.2, 0) is 0 Å². The fraction of sp³-hybridized carbons (Fsp3) is 0.385. The Hall–Kier alpha value is -2.20. The second-order valence-corrected chi connectivity index (χ2v) is 8.70. The van der Waals surface area contributed by atoms with E-state index >= 15 is 0 Å². The van der Waals surface area contributed by atoms with Gasteiger partial charge in [0.25, 0.3) is 5.91 Å². The molecule has 0 saturated heterocycles. The number of benzene rings is 2. The summed E-state index contributed by atoms with van der Waals surface area (Å²) in [6.45, 7) is 6.04. The molecular weight excluding hydrogens is 436 g/mol. The molecule has 0 radical (unpaired) electrons. The molecule has 0 spiro atoms. The van der Waals surface area contributed by atoms with E-state index in [1.807, 2.05) is 54.6 Å². The Bertz CT molecular complexity index is 958. The first-order valence-corrected chi connectivity index (χ1v) is 11.9. The van der Waals surface area contributed by atoms with E-state index in [2.05, 4.69) is 34.7 Å². The van der Waals surface area contributed by atoms with Gasteiger partial charge in [0.15, 0.2) is 0 Å². The van der Waals surface area contributed by atoms with Crippen molar-refractivity contribution in [1.82, 2.24) is 9.88 Å². The van der Waals surface area contributed by atoms with Crippen LogP contribution in [-0.4, -0.2) is 28.9 Å². The van der Waals surface area contributed by atoms with Crippen molar-refractivity contribution in [3.05, 3.63) is 64.6 Å². The number of hydrogen-bond donors (Lipinski definition) is 0. The second kappa shape index (κ2) is 11.3. The van der Waals surface area contributed by atoms with Crippen molar-refractivity contribution in [3.8, 4) is 11.3 Å². The summed E-state index contributed by atoms with van der Waals surface area (Å²) in [6.07, 6.45) is 6.72. The molecule has 2 aromatic carbocycles. The minimum Gasteiger partial charge on any atom is -0.339 e. The molecule has 158 valence electrons. The van der Waals surface area contributed by atoms with E-state index in [4.69, 9.17) is 4.98 Å². The number of halogens is 1. The van der Waals surface area contributed by atoms with Crippen LogP contribution in [0.4, 0.5) is 0 Å². The summed E-state index contributed by atoms with van der Waals surface area (Å²) in [5.74, 6) is 0.124. The molecule has 0 aliphatic carbocycles. The quantitative estimate of drug-likeness (QED) is 0.290. The highest BCUT2D eigenvalue weighted by Gasteiger charge is 2.19. The van der Waals surface area contributed by atoms with Crippen molar-refractivity contribution < 1.29 is 4.79 Å². The summed E-state index contributed by atoms with van der Waals surface area (Å²) in [5, 5.41) is 0.930. The zero-order valence-electron chi connectivity index (χ0n) is 18.0. The molecular formula is C26H31BrN2O. The lowest BCUT2D eigenvalue weighted by atomic mass is 10.0. The van der Waals surface area contributed by atoms with Gasteiger partial charge in [0.1, 0.15) is 0 Å². The van der Waals surface area contributed by atoms with Crippen LogP contribution in [0.15, 0.2) is 59.1 Å². The van der Waals surface area contributed by atoms with Crippen LogP contribution in [0.5, 0.6) is 0 Å². The van der Waals surface area contributed by atoms with Gasteiger partial charge in [0, 0.05) is 28.5 Å². The van der Waals surface area contributed by atoms with Gasteiger partial charge in [-0.2, -0.15) is 0 Å². The number of para-hydroxylation sites is 1. The third kappa shape index (κ3) is 5.69. The first kappa shape index (κ1) is 22.5. The molecule has 0 fully saturated rings. The van der Waals surface area contributed by atoms with E-state index < -0.39 is 0 Å². The summed E-state index contributed by atoms with van der Waals surface area (Å²) in [6, 6.07) is 18.0. The molecule has 0 aliphatic rings. The number of carbonyl (C=O) groups excluding carboxylic acids is 1. The van der Waals surface area contributed by atoms with Gasteiger partial charge in [-0.3, -0.25) is 4.79 Å². The average molecular weight is 467 g/mol. The summed E-state index contributed by atoms with van der Waals surface area (Å²) in [7, 11) is 0. The maximum absolute atomic E-state index is 13.7. The summed E-state index contributed by atoms with van der Waals surface area (Å²) in [4.78, 5) is 20.6. The SMILES string of the molecule is CCCCCN(CCCCC)C(=O)c1cc(-c2ccc(Br)cc2)nc2ccccc12. The van der Waals surface area contributed by atoms with Crippen molar-refractivity contribution in [3.63, 3.8) is 0 Å². The van der Waals surface area contributed by atoms with Crippen molar-refractivity contribution in [2.45, 2.75) is 52.4 Å². The molecule has 0 N–H and O–H groups in total. The number of nitrogens with zero attached hydrogens (tertiary/aromatic N) is 2. The third-order valence-corrected chi connectivity index (χ3v) is 5.97. The number of aromatic nitrogens is 1. The Morgan fingerprint density at radius 2 is 1.53 bits per heavy atom. The summed E-state index contributed by atoms with van der Waals surface area (Å²) in [5.41, 5.74) is 3.47. The maximum atomic E-state index is 13.7. The van der Waals surface area contributed by atoms with Crippen LogP contribution in [0.25, 0.3) is 22.2 Å². The van der Waals surface area contributed by atoms with Crippen LogP contribution >= 0.6 is 15.9 Å². The lowest BCUT2D eigenvalue weighted by Gasteiger charge is -2.24. The lowest BCUT2D eigenvalue weighted by molar-refractivity contribution is 0.0751. The predicted molar refractivity (Wildman–Crippen MR) is 130 cm³/mol. The van der Waals surface area contributed by atoms with E-state index in [0.29, 0.717) is 0 Å². The molecule has 0 unspecified atom stereocenters. The largest absolute Gasteiger partial charge is 0.339 e. The number of hydrogen-bond acceptors (Lipinski definition) is 2. The van der Waals surface area contributed by atoms with Gasteiger partial charge >= 0.3 is 0 Å². The molecule has 0 atom stereocenters. The average Bonchev–Trinajstić information content (AvgIpc) is 2.77. The Labute approximate surface area is 188 Å². The molecule has 3 rings (SSSR count). The van der Waals surface area contributed by atoms with Crippen LogP contribution < -0.4 is 0 Å². The molecule has 4 heteroatoms. The molecule has 1 amide bonds. The standard InChI is InChI=1S/C26H31BrN2O/c1-3-5-9-17-29(18-10-6-4-2)26(30)23-19-25(20-13-15-21(27)16-14-20)28-24-12-8-7-11-22(23)24/h7-8,11-16,19H,3-6,9-10,17-18H2,1-2H3. The summed E-state index contributed by atoms with van der Waals surface area (Å²) < 4.78 is 1.03. The molecule has 0 saturated carbocycles. The van der Waals surface area contributed by atoms with E-state index in [0.717, 1.165) is 83.8 Å². The van der Waals surface area contributed by atoms with Gasteiger partial charge in [0.2, 0.25) is 0 Å². The summed E-state index contributed by atoms with van der Waals surface area (Å²) >= 11 is 3.49. The minimum absolute atomic E-state index is 0.124. The van der Waals surface area contributed by atoms with Crippen LogP contribution in [0.1, 0.15) is 62.7 Å². The van der Waals surface area contributed by atoms with Crippen LogP contribution in [0.3, 0.4) is 0 Å².